The van der Waals surface area contributed by atoms with E-state index in [0.717, 1.165) is 43.6 Å². The maximum atomic E-state index is 10.9. The molecule has 140 valence electrons. The van der Waals surface area contributed by atoms with Gasteiger partial charge in [-0.3, -0.25) is 0 Å². The van der Waals surface area contributed by atoms with Crippen LogP contribution in [-0.4, -0.2) is 34.7 Å². The fourth-order valence-electron chi connectivity index (χ4n) is 3.56. The largest absolute Gasteiger partial charge is 0.388 e. The molecule has 2 aromatic rings. The standard InChI is InChI=1S/C21H25Cl2NO2/c22-18-7-3-16(4-8-18)20(25)2-1-13-24-14-11-21(26,12-15-24)17-5-9-19(23)10-6-17/h3-10,20,25-26H,1-2,11-15H2. The van der Waals surface area contributed by atoms with Gasteiger partial charge < -0.3 is 15.1 Å². The molecular weight excluding hydrogens is 369 g/mol. The van der Waals surface area contributed by atoms with Gasteiger partial charge in [0.05, 0.1) is 11.7 Å². The van der Waals surface area contributed by atoms with Crippen molar-refractivity contribution in [2.24, 2.45) is 0 Å². The lowest BCUT2D eigenvalue weighted by molar-refractivity contribution is -0.0266. The van der Waals surface area contributed by atoms with Gasteiger partial charge in [-0.05, 0) is 67.6 Å². The van der Waals surface area contributed by atoms with Gasteiger partial charge in [-0.1, -0.05) is 47.5 Å². The van der Waals surface area contributed by atoms with Gasteiger partial charge in [-0.15, -0.1) is 0 Å². The first-order chi connectivity index (χ1) is 12.5. The van der Waals surface area contributed by atoms with Gasteiger partial charge >= 0.3 is 0 Å². The number of aliphatic hydroxyl groups is 2. The molecule has 5 heteroatoms. The van der Waals surface area contributed by atoms with E-state index in [9.17, 15) is 10.2 Å². The Bertz CT molecular complexity index is 695. The molecule has 0 aliphatic carbocycles. The van der Waals surface area contributed by atoms with Gasteiger partial charge in [0.15, 0.2) is 0 Å². The van der Waals surface area contributed by atoms with E-state index in [1.54, 1.807) is 0 Å². The van der Waals surface area contributed by atoms with Crippen molar-refractivity contribution in [1.29, 1.82) is 0 Å². The van der Waals surface area contributed by atoms with Crippen LogP contribution in [0.5, 0.6) is 0 Å². The topological polar surface area (TPSA) is 43.7 Å². The highest BCUT2D eigenvalue weighted by atomic mass is 35.5. The zero-order chi connectivity index (χ0) is 18.6. The molecule has 1 heterocycles. The van der Waals surface area contributed by atoms with Crippen LogP contribution in [0.3, 0.4) is 0 Å². The number of aliphatic hydroxyl groups excluding tert-OH is 1. The fraction of sp³-hybridized carbons (Fsp3) is 0.429. The van der Waals surface area contributed by atoms with Gasteiger partial charge in [0, 0.05) is 23.1 Å². The molecule has 0 bridgehead atoms. The van der Waals surface area contributed by atoms with E-state index in [0.29, 0.717) is 22.9 Å². The Balaban J connectivity index is 1.44. The second-order valence-corrected chi connectivity index (χ2v) is 7.96. The average molecular weight is 394 g/mol. The number of halogens is 2. The molecule has 26 heavy (non-hydrogen) atoms. The molecular formula is C21H25Cl2NO2. The minimum atomic E-state index is -0.760. The summed E-state index contributed by atoms with van der Waals surface area (Å²) in [5, 5.41) is 22.6. The van der Waals surface area contributed by atoms with Crippen molar-refractivity contribution in [1.82, 2.24) is 4.90 Å². The van der Waals surface area contributed by atoms with Crippen molar-refractivity contribution in [3.63, 3.8) is 0 Å². The molecule has 1 saturated heterocycles. The SMILES string of the molecule is OC(CCCN1CCC(O)(c2ccc(Cl)cc2)CC1)c1ccc(Cl)cc1. The lowest BCUT2D eigenvalue weighted by Gasteiger charge is -2.38. The summed E-state index contributed by atoms with van der Waals surface area (Å²) in [6, 6.07) is 14.9. The van der Waals surface area contributed by atoms with Crippen LogP contribution in [-0.2, 0) is 5.60 Å². The lowest BCUT2D eigenvalue weighted by atomic mass is 9.84. The molecule has 0 saturated carbocycles. The second kappa shape index (κ2) is 8.73. The zero-order valence-electron chi connectivity index (χ0n) is 14.7. The molecule has 0 amide bonds. The van der Waals surface area contributed by atoms with Crippen molar-refractivity contribution in [3.8, 4) is 0 Å². The minimum absolute atomic E-state index is 0.456. The van der Waals surface area contributed by atoms with E-state index in [4.69, 9.17) is 23.2 Å². The molecule has 2 aromatic carbocycles. The number of nitrogens with zero attached hydrogens (tertiary/aromatic N) is 1. The van der Waals surface area contributed by atoms with Crippen LogP contribution in [0.1, 0.15) is 42.9 Å². The van der Waals surface area contributed by atoms with Gasteiger partial charge in [0.2, 0.25) is 0 Å². The van der Waals surface area contributed by atoms with Crippen LogP contribution >= 0.6 is 23.2 Å². The quantitative estimate of drug-likeness (QED) is 0.741. The molecule has 1 fully saturated rings. The third-order valence-electron chi connectivity index (χ3n) is 5.27. The number of likely N-dealkylation sites (tertiary alicyclic amines) is 1. The Kier molecular flexibility index (Phi) is 6.60. The van der Waals surface area contributed by atoms with Crippen LogP contribution in [0.4, 0.5) is 0 Å². The van der Waals surface area contributed by atoms with Gasteiger partial charge in [-0.25, -0.2) is 0 Å². The number of hydrogen-bond acceptors (Lipinski definition) is 3. The van der Waals surface area contributed by atoms with Crippen LogP contribution in [0, 0.1) is 0 Å². The molecule has 0 aromatic heterocycles. The maximum absolute atomic E-state index is 10.9. The highest BCUT2D eigenvalue weighted by Gasteiger charge is 2.33. The molecule has 1 unspecified atom stereocenters. The number of rotatable bonds is 6. The van der Waals surface area contributed by atoms with E-state index in [-0.39, 0.29) is 0 Å². The average Bonchev–Trinajstić information content (AvgIpc) is 2.64. The summed E-state index contributed by atoms with van der Waals surface area (Å²) in [7, 11) is 0. The fourth-order valence-corrected chi connectivity index (χ4v) is 3.81. The van der Waals surface area contributed by atoms with Crippen LogP contribution in [0.2, 0.25) is 10.0 Å². The summed E-state index contributed by atoms with van der Waals surface area (Å²) in [6.07, 6.45) is 2.62. The molecule has 2 N–H and O–H groups in total. The van der Waals surface area contributed by atoms with Crippen molar-refractivity contribution < 1.29 is 10.2 Å². The zero-order valence-corrected chi connectivity index (χ0v) is 16.3. The van der Waals surface area contributed by atoms with E-state index < -0.39 is 11.7 Å². The third-order valence-corrected chi connectivity index (χ3v) is 5.78. The Hall–Kier alpha value is -1.10. The summed E-state index contributed by atoms with van der Waals surface area (Å²) in [4.78, 5) is 2.36. The van der Waals surface area contributed by atoms with Gasteiger partial charge in [0.25, 0.3) is 0 Å². The van der Waals surface area contributed by atoms with Crippen molar-refractivity contribution in [2.45, 2.75) is 37.4 Å². The monoisotopic (exact) mass is 393 g/mol. The van der Waals surface area contributed by atoms with Crippen LogP contribution in [0.25, 0.3) is 0 Å². The Morgan fingerprint density at radius 2 is 1.46 bits per heavy atom. The van der Waals surface area contributed by atoms with E-state index in [1.165, 1.54) is 0 Å². The Morgan fingerprint density at radius 3 is 2.04 bits per heavy atom. The van der Waals surface area contributed by atoms with Crippen molar-refractivity contribution in [3.05, 3.63) is 69.7 Å². The van der Waals surface area contributed by atoms with Gasteiger partial charge in [-0.2, -0.15) is 0 Å². The second-order valence-electron chi connectivity index (χ2n) is 7.09. The van der Waals surface area contributed by atoms with Crippen LogP contribution in [0.15, 0.2) is 48.5 Å². The van der Waals surface area contributed by atoms with Crippen LogP contribution < -0.4 is 0 Å². The lowest BCUT2D eigenvalue weighted by Crippen LogP contribution is -2.42. The highest BCUT2D eigenvalue weighted by molar-refractivity contribution is 6.30. The van der Waals surface area contributed by atoms with Crippen molar-refractivity contribution >= 4 is 23.2 Å². The first kappa shape index (κ1) is 19.7. The molecule has 0 radical (unpaired) electrons. The summed E-state index contributed by atoms with van der Waals surface area (Å²) < 4.78 is 0. The smallest absolute Gasteiger partial charge is 0.0920 e. The highest BCUT2D eigenvalue weighted by Crippen LogP contribution is 2.33. The van der Waals surface area contributed by atoms with E-state index in [2.05, 4.69) is 4.90 Å². The normalized spacial score (nSPS) is 18.6. The summed E-state index contributed by atoms with van der Waals surface area (Å²) >= 11 is 11.8. The number of piperidine rings is 1. The van der Waals surface area contributed by atoms with Crippen molar-refractivity contribution in [2.75, 3.05) is 19.6 Å². The summed E-state index contributed by atoms with van der Waals surface area (Å²) in [5.74, 6) is 0. The minimum Gasteiger partial charge on any atom is -0.388 e. The number of hydrogen-bond donors (Lipinski definition) is 2. The Morgan fingerprint density at radius 1 is 0.923 bits per heavy atom. The summed E-state index contributed by atoms with van der Waals surface area (Å²) in [6.45, 7) is 2.65. The molecule has 1 aliphatic heterocycles. The van der Waals surface area contributed by atoms with E-state index in [1.807, 2.05) is 48.5 Å². The third kappa shape index (κ3) is 4.99. The maximum Gasteiger partial charge on any atom is 0.0920 e. The first-order valence-corrected chi connectivity index (χ1v) is 9.86. The Labute approximate surface area is 165 Å². The molecule has 0 spiro atoms. The predicted octanol–water partition coefficient (Wildman–Crippen LogP) is 4.79. The predicted molar refractivity (Wildman–Crippen MR) is 107 cm³/mol. The summed E-state index contributed by atoms with van der Waals surface area (Å²) in [5.41, 5.74) is 1.09. The first-order valence-electron chi connectivity index (χ1n) is 9.11. The van der Waals surface area contributed by atoms with Gasteiger partial charge in [0.1, 0.15) is 0 Å². The molecule has 3 nitrogen and oxygen atoms in total. The molecule has 1 atom stereocenters. The number of benzene rings is 2. The molecule has 3 rings (SSSR count). The molecule has 1 aliphatic rings. The van der Waals surface area contributed by atoms with E-state index >= 15 is 0 Å².